The maximum absolute atomic E-state index is 12.7. The fourth-order valence-corrected chi connectivity index (χ4v) is 4.46. The Hall–Kier alpha value is -0.660. The first-order valence-corrected chi connectivity index (χ1v) is 11.3. The van der Waals surface area contributed by atoms with E-state index in [1.165, 1.54) is 19.3 Å². The van der Waals surface area contributed by atoms with E-state index in [1.54, 1.807) is 7.11 Å². The van der Waals surface area contributed by atoms with Gasteiger partial charge in [-0.1, -0.05) is 50.8 Å². The molecular weight excluding hydrogens is 455 g/mol. The molecule has 1 fully saturated rings. The van der Waals surface area contributed by atoms with Crippen molar-refractivity contribution < 1.29 is 19.0 Å². The highest BCUT2D eigenvalue weighted by Crippen LogP contribution is 2.32. The summed E-state index contributed by atoms with van der Waals surface area (Å²) in [7, 11) is 1.61. The van der Waals surface area contributed by atoms with Crippen LogP contribution in [0.15, 0.2) is 24.3 Å². The van der Waals surface area contributed by atoms with Gasteiger partial charge in [-0.05, 0) is 65.8 Å². The molecule has 27 heavy (non-hydrogen) atoms. The van der Waals surface area contributed by atoms with E-state index in [1.807, 2.05) is 12.1 Å². The van der Waals surface area contributed by atoms with Crippen LogP contribution in [0.2, 0.25) is 0 Å². The highest BCUT2D eigenvalue weighted by atomic mass is 127. The zero-order valence-electron chi connectivity index (χ0n) is 16.6. The van der Waals surface area contributed by atoms with E-state index in [4.69, 9.17) is 14.2 Å². The van der Waals surface area contributed by atoms with E-state index >= 15 is 0 Å². The molecule has 2 atom stereocenters. The van der Waals surface area contributed by atoms with Crippen molar-refractivity contribution in [3.8, 4) is 0 Å². The zero-order valence-corrected chi connectivity index (χ0v) is 18.8. The van der Waals surface area contributed by atoms with E-state index in [-0.39, 0.29) is 25.0 Å². The van der Waals surface area contributed by atoms with E-state index in [2.05, 4.69) is 41.6 Å². The summed E-state index contributed by atoms with van der Waals surface area (Å²) < 4.78 is 18.3. The Morgan fingerprint density at radius 1 is 1.22 bits per heavy atom. The third kappa shape index (κ3) is 7.70. The average molecular weight is 488 g/mol. The molecule has 0 saturated heterocycles. The van der Waals surface area contributed by atoms with Crippen LogP contribution in [0, 0.1) is 9.49 Å². The predicted octanol–water partition coefficient (Wildman–Crippen LogP) is 6.03. The second-order valence-electron chi connectivity index (χ2n) is 7.39. The summed E-state index contributed by atoms with van der Waals surface area (Å²) in [5.74, 6) is 0.397. The van der Waals surface area contributed by atoms with Crippen molar-refractivity contribution in [3.63, 3.8) is 0 Å². The molecule has 5 heteroatoms. The van der Waals surface area contributed by atoms with Crippen molar-refractivity contribution in [2.45, 2.75) is 76.9 Å². The Morgan fingerprint density at radius 3 is 2.63 bits per heavy atom. The van der Waals surface area contributed by atoms with Crippen molar-refractivity contribution in [1.29, 1.82) is 0 Å². The molecule has 0 N–H and O–H groups in total. The molecule has 0 radical (unpaired) electrons. The summed E-state index contributed by atoms with van der Waals surface area (Å²) in [5.41, 5.74) is 1.06. The smallest absolute Gasteiger partial charge is 0.306 e. The monoisotopic (exact) mass is 488 g/mol. The molecule has 0 unspecified atom stereocenters. The Bertz CT molecular complexity index is 557. The average Bonchev–Trinajstić information content (AvgIpc) is 2.68. The molecule has 1 aliphatic rings. The molecular formula is C22H33IO4. The molecule has 4 nitrogen and oxygen atoms in total. The second kappa shape index (κ2) is 12.7. The van der Waals surface area contributed by atoms with Crippen LogP contribution in [-0.2, 0) is 19.0 Å². The standard InChI is InChI=1S/C22H33IO4/c1-3-4-14-20(27-21(24)15-17-10-6-5-7-11-17)22(26-16-25-2)18-12-8-9-13-19(18)23/h8-9,12-13,17,20,22H,3-7,10-11,14-16H2,1-2H3/t20-,22-/m0/s1. The van der Waals surface area contributed by atoms with Gasteiger partial charge in [-0.2, -0.15) is 0 Å². The van der Waals surface area contributed by atoms with Gasteiger partial charge in [-0.3, -0.25) is 4.79 Å². The van der Waals surface area contributed by atoms with Gasteiger partial charge in [0, 0.05) is 17.1 Å². The van der Waals surface area contributed by atoms with Crippen molar-refractivity contribution in [3.05, 3.63) is 33.4 Å². The van der Waals surface area contributed by atoms with Crippen molar-refractivity contribution >= 4 is 28.6 Å². The molecule has 1 aromatic rings. The molecule has 0 heterocycles. The number of hydrogen-bond acceptors (Lipinski definition) is 4. The minimum atomic E-state index is -0.306. The van der Waals surface area contributed by atoms with E-state index in [0.717, 1.165) is 41.2 Å². The van der Waals surface area contributed by atoms with E-state index < -0.39 is 0 Å². The highest BCUT2D eigenvalue weighted by Gasteiger charge is 2.30. The molecule has 2 rings (SSSR count). The van der Waals surface area contributed by atoms with Crippen LogP contribution >= 0.6 is 22.6 Å². The number of hydrogen-bond donors (Lipinski definition) is 0. The van der Waals surface area contributed by atoms with Gasteiger partial charge in [0.2, 0.25) is 0 Å². The quantitative estimate of drug-likeness (QED) is 0.217. The molecule has 152 valence electrons. The Labute approximate surface area is 177 Å². The van der Waals surface area contributed by atoms with Crippen LogP contribution in [0.1, 0.15) is 76.4 Å². The third-order valence-corrected chi connectivity index (χ3v) is 6.20. The van der Waals surface area contributed by atoms with Crippen LogP contribution in [0.25, 0.3) is 0 Å². The van der Waals surface area contributed by atoms with E-state index in [9.17, 15) is 4.79 Å². The minimum absolute atomic E-state index is 0.0834. The summed E-state index contributed by atoms with van der Waals surface area (Å²) in [5, 5.41) is 0. The number of unbranched alkanes of at least 4 members (excludes halogenated alkanes) is 1. The molecule has 0 amide bonds. The van der Waals surface area contributed by atoms with Gasteiger partial charge in [0.25, 0.3) is 0 Å². The lowest BCUT2D eigenvalue weighted by Crippen LogP contribution is -2.29. The number of methoxy groups -OCH3 is 1. The summed E-state index contributed by atoms with van der Waals surface area (Å²) in [6.45, 7) is 2.33. The SMILES string of the molecule is CCCC[C@H](OC(=O)CC1CCCCC1)[C@@H](OCOC)c1ccccc1I. The fourth-order valence-electron chi connectivity index (χ4n) is 3.77. The number of benzene rings is 1. The molecule has 0 aliphatic heterocycles. The largest absolute Gasteiger partial charge is 0.459 e. The topological polar surface area (TPSA) is 44.8 Å². The summed E-state index contributed by atoms with van der Waals surface area (Å²) in [6, 6.07) is 8.12. The molecule has 1 aliphatic carbocycles. The maximum atomic E-state index is 12.7. The Balaban J connectivity index is 2.11. The van der Waals surface area contributed by atoms with Crippen molar-refractivity contribution in [2.24, 2.45) is 5.92 Å². The van der Waals surface area contributed by atoms with Gasteiger partial charge in [-0.15, -0.1) is 0 Å². The van der Waals surface area contributed by atoms with Crippen LogP contribution in [0.5, 0.6) is 0 Å². The lowest BCUT2D eigenvalue weighted by Gasteiger charge is -2.29. The van der Waals surface area contributed by atoms with Crippen LogP contribution in [-0.4, -0.2) is 26.0 Å². The number of carbonyl (C=O) groups is 1. The molecule has 1 saturated carbocycles. The number of halogens is 1. The number of esters is 1. The van der Waals surface area contributed by atoms with Crippen LogP contribution < -0.4 is 0 Å². The first-order chi connectivity index (χ1) is 13.2. The van der Waals surface area contributed by atoms with Crippen LogP contribution in [0.3, 0.4) is 0 Å². The number of rotatable bonds is 11. The lowest BCUT2D eigenvalue weighted by molar-refractivity contribution is -0.168. The highest BCUT2D eigenvalue weighted by molar-refractivity contribution is 14.1. The number of carbonyl (C=O) groups excluding carboxylic acids is 1. The van der Waals surface area contributed by atoms with Gasteiger partial charge in [-0.25, -0.2) is 0 Å². The fraction of sp³-hybridized carbons (Fsp3) is 0.682. The zero-order chi connectivity index (χ0) is 19.5. The maximum Gasteiger partial charge on any atom is 0.306 e. The first-order valence-electron chi connectivity index (χ1n) is 10.2. The molecule has 0 aromatic heterocycles. The predicted molar refractivity (Wildman–Crippen MR) is 115 cm³/mol. The first kappa shape index (κ1) is 22.6. The third-order valence-electron chi connectivity index (χ3n) is 5.22. The van der Waals surface area contributed by atoms with Gasteiger partial charge in [0.15, 0.2) is 0 Å². The summed E-state index contributed by atoms with van der Waals surface area (Å²) >= 11 is 2.32. The normalized spacial score (nSPS) is 17.4. The summed E-state index contributed by atoms with van der Waals surface area (Å²) in [6.07, 6.45) is 8.85. The van der Waals surface area contributed by atoms with Crippen LogP contribution in [0.4, 0.5) is 0 Å². The van der Waals surface area contributed by atoms with Gasteiger partial charge >= 0.3 is 5.97 Å². The molecule has 0 spiro atoms. The summed E-state index contributed by atoms with van der Waals surface area (Å²) in [4.78, 5) is 12.7. The van der Waals surface area contributed by atoms with E-state index in [0.29, 0.717) is 12.3 Å². The van der Waals surface area contributed by atoms with Crippen molar-refractivity contribution in [1.82, 2.24) is 0 Å². The Kier molecular flexibility index (Phi) is 10.7. The lowest BCUT2D eigenvalue weighted by atomic mass is 9.87. The van der Waals surface area contributed by atoms with Crippen molar-refractivity contribution in [2.75, 3.05) is 13.9 Å². The Morgan fingerprint density at radius 2 is 1.96 bits per heavy atom. The number of ether oxygens (including phenoxy) is 3. The second-order valence-corrected chi connectivity index (χ2v) is 8.56. The molecule has 0 bridgehead atoms. The molecule has 1 aromatic carbocycles. The van der Waals surface area contributed by atoms with Gasteiger partial charge in [0.05, 0.1) is 0 Å². The van der Waals surface area contributed by atoms with Gasteiger partial charge < -0.3 is 14.2 Å². The van der Waals surface area contributed by atoms with Gasteiger partial charge in [0.1, 0.15) is 19.0 Å². The minimum Gasteiger partial charge on any atom is -0.459 e.